The van der Waals surface area contributed by atoms with Crippen molar-refractivity contribution in [2.24, 2.45) is 17.8 Å². The van der Waals surface area contributed by atoms with Gasteiger partial charge in [-0.25, -0.2) is 17.6 Å². The van der Waals surface area contributed by atoms with Crippen molar-refractivity contribution in [3.8, 4) is 11.1 Å². The summed E-state index contributed by atoms with van der Waals surface area (Å²) < 4.78 is 61.6. The van der Waals surface area contributed by atoms with Crippen molar-refractivity contribution in [3.63, 3.8) is 0 Å². The van der Waals surface area contributed by atoms with Gasteiger partial charge in [-0.1, -0.05) is 51.2 Å². The Morgan fingerprint density at radius 1 is 0.800 bits per heavy atom. The summed E-state index contributed by atoms with van der Waals surface area (Å²) >= 11 is 0. The Morgan fingerprint density at radius 2 is 1.54 bits per heavy atom. The first-order valence-corrected chi connectivity index (χ1v) is 13.5. The third-order valence-electron chi connectivity index (χ3n) is 8.19. The van der Waals surface area contributed by atoms with E-state index < -0.39 is 23.3 Å². The van der Waals surface area contributed by atoms with Gasteiger partial charge >= 0.3 is 0 Å². The Hall–Kier alpha value is -1.88. The number of fused-ring (bicyclic) bond motifs is 1. The van der Waals surface area contributed by atoms with Crippen molar-refractivity contribution in [2.45, 2.75) is 84.0 Å². The van der Waals surface area contributed by atoms with Gasteiger partial charge in [0.05, 0.1) is 0 Å². The van der Waals surface area contributed by atoms with Crippen molar-refractivity contribution >= 4 is 0 Å². The first-order chi connectivity index (χ1) is 17.0. The SMILES string of the molecule is CCCOCCCCCC1CCC(C2CCc3c(ccc(-c4cc(F)c(F)c(F)c4)c3F)C2)CC1. The van der Waals surface area contributed by atoms with E-state index in [0.717, 1.165) is 56.1 Å². The van der Waals surface area contributed by atoms with Crippen LogP contribution in [0.3, 0.4) is 0 Å². The fourth-order valence-electron chi connectivity index (χ4n) is 6.18. The van der Waals surface area contributed by atoms with Crippen LogP contribution in [-0.2, 0) is 17.6 Å². The largest absolute Gasteiger partial charge is 0.381 e. The van der Waals surface area contributed by atoms with E-state index in [2.05, 4.69) is 6.92 Å². The second-order valence-corrected chi connectivity index (χ2v) is 10.6. The van der Waals surface area contributed by atoms with Gasteiger partial charge in [0.25, 0.3) is 0 Å². The van der Waals surface area contributed by atoms with Gasteiger partial charge in [0.15, 0.2) is 17.5 Å². The zero-order valence-electron chi connectivity index (χ0n) is 20.9. The van der Waals surface area contributed by atoms with Crippen LogP contribution in [-0.4, -0.2) is 13.2 Å². The molecule has 2 aromatic rings. The third-order valence-corrected chi connectivity index (χ3v) is 8.19. The number of hydrogen-bond acceptors (Lipinski definition) is 1. The van der Waals surface area contributed by atoms with Gasteiger partial charge in [-0.15, -0.1) is 0 Å². The lowest BCUT2D eigenvalue weighted by Gasteiger charge is -2.37. The molecule has 0 saturated heterocycles. The highest BCUT2D eigenvalue weighted by atomic mass is 19.2. The lowest BCUT2D eigenvalue weighted by Crippen LogP contribution is -2.27. The fourth-order valence-corrected chi connectivity index (χ4v) is 6.18. The number of halogens is 4. The van der Waals surface area contributed by atoms with E-state index in [4.69, 9.17) is 4.74 Å². The maximum absolute atomic E-state index is 15.3. The lowest BCUT2D eigenvalue weighted by molar-refractivity contribution is 0.129. The topological polar surface area (TPSA) is 9.23 Å². The number of rotatable bonds is 10. The Kier molecular flexibility index (Phi) is 9.27. The van der Waals surface area contributed by atoms with Crippen LogP contribution in [0.5, 0.6) is 0 Å². The van der Waals surface area contributed by atoms with Gasteiger partial charge in [-0.2, -0.15) is 0 Å². The summed E-state index contributed by atoms with van der Waals surface area (Å²) in [6.45, 7) is 3.90. The van der Waals surface area contributed by atoms with Crippen LogP contribution in [0.2, 0.25) is 0 Å². The van der Waals surface area contributed by atoms with Crippen molar-refractivity contribution < 1.29 is 22.3 Å². The molecule has 1 saturated carbocycles. The molecule has 0 bridgehead atoms. The molecule has 4 rings (SSSR count). The van der Waals surface area contributed by atoms with Crippen molar-refractivity contribution in [1.82, 2.24) is 0 Å². The van der Waals surface area contributed by atoms with Crippen LogP contribution < -0.4 is 0 Å². The van der Waals surface area contributed by atoms with Crippen LogP contribution in [0.15, 0.2) is 24.3 Å². The maximum Gasteiger partial charge on any atom is 0.194 e. The van der Waals surface area contributed by atoms with Crippen LogP contribution in [0, 0.1) is 41.0 Å². The molecular weight excluding hydrogens is 452 g/mol. The van der Waals surface area contributed by atoms with E-state index in [1.807, 2.05) is 6.07 Å². The van der Waals surface area contributed by atoms with Gasteiger partial charge in [0, 0.05) is 18.8 Å². The van der Waals surface area contributed by atoms with Crippen LogP contribution >= 0.6 is 0 Å². The Bertz CT molecular complexity index is 958. The van der Waals surface area contributed by atoms with Crippen LogP contribution in [0.4, 0.5) is 17.6 Å². The van der Waals surface area contributed by atoms with Gasteiger partial charge in [0.2, 0.25) is 0 Å². The maximum atomic E-state index is 15.3. The highest BCUT2D eigenvalue weighted by Gasteiger charge is 2.31. The summed E-state index contributed by atoms with van der Waals surface area (Å²) in [7, 11) is 0. The summed E-state index contributed by atoms with van der Waals surface area (Å²) in [6.07, 6.45) is 13.7. The monoisotopic (exact) mass is 490 g/mol. The van der Waals surface area contributed by atoms with E-state index >= 15 is 4.39 Å². The molecule has 0 N–H and O–H groups in total. The normalized spacial score (nSPS) is 22.3. The number of hydrogen-bond donors (Lipinski definition) is 0. The van der Waals surface area contributed by atoms with E-state index in [0.29, 0.717) is 23.8 Å². The lowest BCUT2D eigenvalue weighted by atomic mass is 9.69. The molecule has 1 fully saturated rings. The fraction of sp³-hybridized carbons (Fsp3) is 0.600. The molecule has 192 valence electrons. The zero-order chi connectivity index (χ0) is 24.8. The molecule has 5 heteroatoms. The molecule has 0 heterocycles. The highest BCUT2D eigenvalue weighted by molar-refractivity contribution is 5.66. The molecule has 1 unspecified atom stereocenters. The number of unbranched alkanes of at least 4 members (excludes halogenated alkanes) is 2. The zero-order valence-corrected chi connectivity index (χ0v) is 20.9. The molecule has 2 aromatic carbocycles. The summed E-state index contributed by atoms with van der Waals surface area (Å²) in [5.41, 5.74) is 1.84. The molecule has 0 aliphatic heterocycles. The molecular formula is C30H38F4O. The summed E-state index contributed by atoms with van der Waals surface area (Å²) in [6, 6.07) is 5.23. The molecule has 0 radical (unpaired) electrons. The first-order valence-electron chi connectivity index (χ1n) is 13.5. The molecule has 0 amide bonds. The average Bonchev–Trinajstić information content (AvgIpc) is 2.87. The van der Waals surface area contributed by atoms with Crippen molar-refractivity contribution in [2.75, 3.05) is 13.2 Å². The predicted molar refractivity (Wildman–Crippen MR) is 132 cm³/mol. The van der Waals surface area contributed by atoms with Gasteiger partial charge < -0.3 is 4.74 Å². The summed E-state index contributed by atoms with van der Waals surface area (Å²) in [4.78, 5) is 0. The first kappa shape index (κ1) is 26.2. The molecule has 2 aliphatic rings. The van der Waals surface area contributed by atoms with Crippen molar-refractivity contribution in [3.05, 3.63) is 58.7 Å². The van der Waals surface area contributed by atoms with Gasteiger partial charge in [-0.3, -0.25) is 0 Å². The van der Waals surface area contributed by atoms with E-state index in [9.17, 15) is 13.2 Å². The predicted octanol–water partition coefficient (Wildman–Crippen LogP) is 8.81. The second-order valence-electron chi connectivity index (χ2n) is 10.6. The van der Waals surface area contributed by atoms with Gasteiger partial charge in [-0.05, 0) is 91.5 Å². The molecule has 35 heavy (non-hydrogen) atoms. The quantitative estimate of drug-likeness (QED) is 0.184. The van der Waals surface area contributed by atoms with Gasteiger partial charge in [0.1, 0.15) is 5.82 Å². The van der Waals surface area contributed by atoms with E-state index in [1.54, 1.807) is 6.07 Å². The van der Waals surface area contributed by atoms with E-state index in [1.165, 1.54) is 51.4 Å². The van der Waals surface area contributed by atoms with E-state index in [-0.39, 0.29) is 11.1 Å². The minimum absolute atomic E-state index is 0.0376. The minimum Gasteiger partial charge on any atom is -0.381 e. The average molecular weight is 491 g/mol. The Labute approximate surface area is 207 Å². The third kappa shape index (κ3) is 6.47. The molecule has 0 spiro atoms. The number of benzene rings is 2. The minimum atomic E-state index is -1.53. The Balaban J connectivity index is 1.28. The smallest absolute Gasteiger partial charge is 0.194 e. The molecule has 2 aliphatic carbocycles. The molecule has 0 aromatic heterocycles. The van der Waals surface area contributed by atoms with Crippen molar-refractivity contribution in [1.29, 1.82) is 0 Å². The molecule has 1 atom stereocenters. The standard InChI is InChI=1S/C30H38F4O/c1-2-15-35-16-5-3-4-6-20-7-9-21(10-8-20)22-11-13-25-23(17-22)12-14-26(29(25)33)24-18-27(31)30(34)28(32)19-24/h12,14,18-22H,2-11,13,15-17H2,1H3. The molecule has 1 nitrogen and oxygen atoms in total. The van der Waals surface area contributed by atoms with Crippen LogP contribution in [0.25, 0.3) is 11.1 Å². The summed E-state index contributed by atoms with van der Waals surface area (Å²) in [5.74, 6) is -2.43. The Morgan fingerprint density at radius 3 is 2.26 bits per heavy atom. The second kappa shape index (κ2) is 12.4. The summed E-state index contributed by atoms with van der Waals surface area (Å²) in [5, 5.41) is 0. The number of ether oxygens (including phenoxy) is 1. The van der Waals surface area contributed by atoms with Crippen LogP contribution in [0.1, 0.15) is 82.3 Å². The highest BCUT2D eigenvalue weighted by Crippen LogP contribution is 2.42.